The summed E-state index contributed by atoms with van der Waals surface area (Å²) in [7, 11) is 0. The van der Waals surface area contributed by atoms with Gasteiger partial charge in [0, 0.05) is 27.1 Å². The van der Waals surface area contributed by atoms with Crippen molar-refractivity contribution in [1.82, 2.24) is 9.13 Å². The fourth-order valence-electron chi connectivity index (χ4n) is 11.0. The number of benzene rings is 10. The lowest BCUT2D eigenvalue weighted by Gasteiger charge is -2.22. The standard InChI is InChI=1S/C67H45F6N3/c1-39-9-5-13-44(25-39)48-17-21-59-55(33-48)56-34-49(45-14-6-10-40(2)26-45)18-22-60(56)75(59)63-29-43(38-74)30-64(65(63)52-31-53(66(68,69)70)37-54(32-52)67(71,72)73)76-61-23-19-50(46-15-7-11-41(3)27-46)35-57(61)58-36-51(20-24-62(58)76)47-16-8-12-42(4)28-47/h5-37H,1-4H3. The van der Waals surface area contributed by atoms with Gasteiger partial charge < -0.3 is 9.13 Å². The van der Waals surface area contributed by atoms with Gasteiger partial charge in [-0.25, -0.2) is 0 Å². The Balaban J connectivity index is 1.24. The van der Waals surface area contributed by atoms with Crippen LogP contribution in [0.25, 0.3) is 111 Å². The molecule has 0 fully saturated rings. The zero-order valence-corrected chi connectivity index (χ0v) is 41.7. The predicted octanol–water partition coefficient (Wildman–Crippen LogP) is 19.4. The van der Waals surface area contributed by atoms with Crippen LogP contribution in [-0.4, -0.2) is 9.13 Å². The van der Waals surface area contributed by atoms with Gasteiger partial charge in [-0.05, 0) is 157 Å². The Bertz CT molecular complexity index is 3920. The Morgan fingerprint density at radius 2 is 0.618 bits per heavy atom. The molecule has 0 saturated heterocycles. The smallest absolute Gasteiger partial charge is 0.308 e. The largest absolute Gasteiger partial charge is 0.416 e. The second-order valence-corrected chi connectivity index (χ2v) is 19.9. The van der Waals surface area contributed by atoms with E-state index in [1.54, 1.807) is 12.1 Å². The Morgan fingerprint density at radius 1 is 0.329 bits per heavy atom. The number of hydrogen-bond donors (Lipinski definition) is 0. The van der Waals surface area contributed by atoms with Crippen molar-refractivity contribution in [3.05, 3.63) is 239 Å². The second-order valence-electron chi connectivity index (χ2n) is 19.9. The van der Waals surface area contributed by atoms with E-state index in [4.69, 9.17) is 0 Å². The van der Waals surface area contributed by atoms with Gasteiger partial charge in [-0.2, -0.15) is 31.6 Å². The van der Waals surface area contributed by atoms with Crippen LogP contribution >= 0.6 is 0 Å². The summed E-state index contributed by atoms with van der Waals surface area (Å²) < 4.78 is 94.6. The van der Waals surface area contributed by atoms with E-state index < -0.39 is 23.5 Å². The minimum absolute atomic E-state index is 0.0595. The van der Waals surface area contributed by atoms with E-state index in [2.05, 4.69) is 54.6 Å². The zero-order chi connectivity index (χ0) is 52.8. The molecule has 0 unspecified atom stereocenters. The molecule has 0 radical (unpaired) electrons. The number of nitriles is 1. The molecule has 0 amide bonds. The van der Waals surface area contributed by atoms with Gasteiger partial charge in [0.15, 0.2) is 0 Å². The summed E-state index contributed by atoms with van der Waals surface area (Å²) in [6.07, 6.45) is -10.3. The third kappa shape index (κ3) is 8.46. The minimum Gasteiger partial charge on any atom is -0.308 e. The molecule has 0 aliphatic heterocycles. The summed E-state index contributed by atoms with van der Waals surface area (Å²) in [5.41, 5.74) is 11.7. The number of fused-ring (bicyclic) bond motifs is 6. The van der Waals surface area contributed by atoms with Crippen molar-refractivity contribution in [3.63, 3.8) is 0 Å². The fraction of sp³-hybridized carbons (Fsp3) is 0.0896. The van der Waals surface area contributed by atoms with Crippen molar-refractivity contribution in [2.75, 3.05) is 0 Å². The van der Waals surface area contributed by atoms with Gasteiger partial charge in [0.1, 0.15) is 0 Å². The van der Waals surface area contributed by atoms with Crippen LogP contribution in [0.15, 0.2) is 200 Å². The van der Waals surface area contributed by atoms with Gasteiger partial charge in [0.25, 0.3) is 0 Å². The topological polar surface area (TPSA) is 33.6 Å². The Morgan fingerprint density at radius 3 is 0.882 bits per heavy atom. The van der Waals surface area contributed by atoms with Crippen LogP contribution in [0.3, 0.4) is 0 Å². The molecule has 0 aliphatic rings. The number of aromatic nitrogens is 2. The maximum atomic E-state index is 15.1. The van der Waals surface area contributed by atoms with Gasteiger partial charge in [-0.1, -0.05) is 144 Å². The molecule has 76 heavy (non-hydrogen) atoms. The highest BCUT2D eigenvalue weighted by Crippen LogP contribution is 2.48. The molecule has 12 rings (SSSR count). The van der Waals surface area contributed by atoms with Gasteiger partial charge in [-0.15, -0.1) is 0 Å². The van der Waals surface area contributed by atoms with Gasteiger partial charge in [-0.3, -0.25) is 0 Å². The maximum Gasteiger partial charge on any atom is 0.416 e. The van der Waals surface area contributed by atoms with Crippen molar-refractivity contribution < 1.29 is 26.3 Å². The SMILES string of the molecule is Cc1cccc(-c2ccc3c(c2)c2cc(-c4cccc(C)c4)ccc2n3-c2cc(C#N)cc(-n3c4ccc(-c5cccc(C)c5)cc4c4cc(-c5cccc(C)c5)ccc43)c2-c2cc(C(F)(F)F)cc(C(F)(F)F)c2)c1. The van der Waals surface area contributed by atoms with E-state index in [1.165, 1.54) is 0 Å². The van der Waals surface area contributed by atoms with E-state index in [-0.39, 0.29) is 34.1 Å². The van der Waals surface area contributed by atoms with Crippen molar-refractivity contribution in [1.29, 1.82) is 5.26 Å². The second kappa shape index (κ2) is 18.1. The van der Waals surface area contributed by atoms with E-state index >= 15 is 26.3 Å². The minimum atomic E-state index is -5.15. The van der Waals surface area contributed by atoms with Crippen molar-refractivity contribution in [2.24, 2.45) is 0 Å². The van der Waals surface area contributed by atoms with E-state index in [9.17, 15) is 5.26 Å². The van der Waals surface area contributed by atoms with E-state index in [1.807, 2.05) is 158 Å². The average molecular weight is 1010 g/mol. The van der Waals surface area contributed by atoms with E-state index in [0.29, 0.717) is 22.1 Å². The molecule has 2 aromatic heterocycles. The first-order valence-corrected chi connectivity index (χ1v) is 24.8. The molecule has 3 nitrogen and oxygen atoms in total. The lowest BCUT2D eigenvalue weighted by molar-refractivity contribution is -0.143. The number of aryl methyl sites for hydroxylation is 4. The van der Waals surface area contributed by atoms with Crippen molar-refractivity contribution in [2.45, 2.75) is 40.0 Å². The summed E-state index contributed by atoms with van der Waals surface area (Å²) in [5, 5.41) is 14.2. The summed E-state index contributed by atoms with van der Waals surface area (Å²) in [4.78, 5) is 0. The Labute approximate surface area is 434 Å². The van der Waals surface area contributed by atoms with Crippen LogP contribution in [0.1, 0.15) is 38.9 Å². The third-order valence-corrected chi connectivity index (χ3v) is 14.5. The molecule has 0 spiro atoms. The molecule has 0 N–H and O–H groups in total. The van der Waals surface area contributed by atoms with Crippen LogP contribution in [0, 0.1) is 39.0 Å². The van der Waals surface area contributed by atoms with Gasteiger partial charge in [0.2, 0.25) is 0 Å². The number of nitrogens with zero attached hydrogens (tertiary/aromatic N) is 3. The highest BCUT2D eigenvalue weighted by Gasteiger charge is 2.38. The van der Waals surface area contributed by atoms with Crippen LogP contribution in [-0.2, 0) is 12.4 Å². The first kappa shape index (κ1) is 47.8. The first-order valence-electron chi connectivity index (χ1n) is 24.8. The number of hydrogen-bond acceptors (Lipinski definition) is 1. The monoisotopic (exact) mass is 1010 g/mol. The van der Waals surface area contributed by atoms with Crippen LogP contribution < -0.4 is 0 Å². The van der Waals surface area contributed by atoms with Gasteiger partial charge >= 0.3 is 12.4 Å². The first-order chi connectivity index (χ1) is 36.5. The molecule has 0 aliphatic carbocycles. The van der Waals surface area contributed by atoms with Crippen molar-refractivity contribution >= 4 is 43.6 Å². The number of halogens is 6. The van der Waals surface area contributed by atoms with Crippen LogP contribution in [0.2, 0.25) is 0 Å². The molecular formula is C67H45F6N3. The lowest BCUT2D eigenvalue weighted by atomic mass is 9.94. The molecule has 0 atom stereocenters. The third-order valence-electron chi connectivity index (χ3n) is 14.5. The zero-order valence-electron chi connectivity index (χ0n) is 41.7. The van der Waals surface area contributed by atoms with Gasteiger partial charge in [0.05, 0.1) is 56.2 Å². The quantitative estimate of drug-likeness (QED) is 0.147. The highest BCUT2D eigenvalue weighted by molar-refractivity contribution is 6.14. The summed E-state index contributed by atoms with van der Waals surface area (Å²) >= 11 is 0. The molecular weight excluding hydrogens is 961 g/mol. The predicted molar refractivity (Wildman–Crippen MR) is 296 cm³/mol. The molecule has 10 aromatic carbocycles. The summed E-state index contributed by atoms with van der Waals surface area (Å²) in [6.45, 7) is 8.07. The Hall–Kier alpha value is -9.13. The lowest BCUT2D eigenvalue weighted by Crippen LogP contribution is -2.12. The number of alkyl halides is 6. The summed E-state index contributed by atoms with van der Waals surface area (Å²) in [6, 6.07) is 63.7. The van der Waals surface area contributed by atoms with E-state index in [0.717, 1.165) is 100 Å². The van der Waals surface area contributed by atoms with Crippen LogP contribution in [0.4, 0.5) is 26.3 Å². The maximum absolute atomic E-state index is 15.1. The number of rotatable bonds is 7. The van der Waals surface area contributed by atoms with Crippen LogP contribution in [0.5, 0.6) is 0 Å². The molecule has 0 saturated carbocycles. The molecule has 12 aromatic rings. The normalized spacial score (nSPS) is 12.1. The molecule has 9 heteroatoms. The van der Waals surface area contributed by atoms with Crippen molar-refractivity contribution in [3.8, 4) is 73.1 Å². The molecule has 2 heterocycles. The Kier molecular flexibility index (Phi) is 11.4. The fourth-order valence-corrected chi connectivity index (χ4v) is 11.0. The average Bonchev–Trinajstić information content (AvgIpc) is 4.04. The molecule has 0 bridgehead atoms. The molecule has 370 valence electrons. The summed E-state index contributed by atoms with van der Waals surface area (Å²) in [5.74, 6) is 0. The highest BCUT2D eigenvalue weighted by atomic mass is 19.4.